The van der Waals surface area contributed by atoms with Gasteiger partial charge in [0.2, 0.25) is 5.95 Å². The van der Waals surface area contributed by atoms with E-state index in [1.54, 1.807) is 6.92 Å². The number of imidazole rings is 1. The molecule has 1 unspecified atom stereocenters. The van der Waals surface area contributed by atoms with Gasteiger partial charge in [0.05, 0.1) is 29.2 Å². The van der Waals surface area contributed by atoms with Gasteiger partial charge in [-0.15, -0.1) is 0 Å². The SMILES string of the molecule is CCOC(=O)c1cnc(NC(c2nc3ccccc3[nH]2)C(C)C)nc1. The molecule has 0 saturated heterocycles. The molecule has 7 heteroatoms. The number of aromatic nitrogens is 4. The van der Waals surface area contributed by atoms with Gasteiger partial charge in [-0.05, 0) is 25.0 Å². The second-order valence-corrected chi connectivity index (χ2v) is 6.02. The van der Waals surface area contributed by atoms with Gasteiger partial charge in [-0.25, -0.2) is 19.7 Å². The Morgan fingerprint density at radius 1 is 1.24 bits per heavy atom. The Hall–Kier alpha value is -2.96. The highest BCUT2D eigenvalue weighted by molar-refractivity contribution is 5.88. The molecule has 7 nitrogen and oxygen atoms in total. The Morgan fingerprint density at radius 2 is 1.96 bits per heavy atom. The number of benzene rings is 1. The highest BCUT2D eigenvalue weighted by atomic mass is 16.5. The Balaban J connectivity index is 1.81. The Labute approximate surface area is 145 Å². The average Bonchev–Trinajstić information content (AvgIpc) is 3.03. The van der Waals surface area contributed by atoms with E-state index < -0.39 is 5.97 Å². The van der Waals surface area contributed by atoms with Crippen LogP contribution in [-0.4, -0.2) is 32.5 Å². The molecule has 0 spiro atoms. The van der Waals surface area contributed by atoms with Gasteiger partial charge in [0.25, 0.3) is 0 Å². The number of aromatic amines is 1. The number of ether oxygens (including phenoxy) is 1. The molecule has 2 aromatic heterocycles. The van der Waals surface area contributed by atoms with Crippen molar-refractivity contribution in [1.29, 1.82) is 0 Å². The van der Waals surface area contributed by atoms with Crippen molar-refractivity contribution in [2.24, 2.45) is 5.92 Å². The molecule has 0 bridgehead atoms. The quantitative estimate of drug-likeness (QED) is 0.669. The summed E-state index contributed by atoms with van der Waals surface area (Å²) in [5, 5.41) is 3.29. The van der Waals surface area contributed by atoms with Crippen LogP contribution < -0.4 is 5.32 Å². The van der Waals surface area contributed by atoms with Crippen molar-refractivity contribution in [3.05, 3.63) is 48.0 Å². The second-order valence-electron chi connectivity index (χ2n) is 6.02. The van der Waals surface area contributed by atoms with Crippen molar-refractivity contribution in [3.63, 3.8) is 0 Å². The van der Waals surface area contributed by atoms with E-state index in [4.69, 9.17) is 4.74 Å². The molecule has 25 heavy (non-hydrogen) atoms. The summed E-state index contributed by atoms with van der Waals surface area (Å²) in [5.74, 6) is 1.10. The standard InChI is InChI=1S/C18H21N5O2/c1-4-25-17(24)12-9-19-18(20-10-12)23-15(11(2)3)16-21-13-7-5-6-8-14(13)22-16/h5-11,15H,4H2,1-3H3,(H,21,22)(H,19,20,23). The molecule has 1 atom stereocenters. The van der Waals surface area contributed by atoms with Gasteiger partial charge in [-0.1, -0.05) is 26.0 Å². The zero-order valence-electron chi connectivity index (χ0n) is 14.5. The van der Waals surface area contributed by atoms with Crippen molar-refractivity contribution >= 4 is 23.0 Å². The number of nitrogens with one attached hydrogen (secondary N) is 2. The molecule has 130 valence electrons. The molecule has 3 aromatic rings. The first kappa shape index (κ1) is 16.9. The lowest BCUT2D eigenvalue weighted by Crippen LogP contribution is -2.20. The fourth-order valence-corrected chi connectivity index (χ4v) is 2.53. The van der Waals surface area contributed by atoms with Gasteiger partial charge in [-0.3, -0.25) is 0 Å². The van der Waals surface area contributed by atoms with E-state index in [0.29, 0.717) is 18.1 Å². The number of anilines is 1. The minimum absolute atomic E-state index is 0.0826. The number of fused-ring (bicyclic) bond motifs is 1. The maximum atomic E-state index is 11.7. The van der Waals surface area contributed by atoms with Gasteiger partial charge in [-0.2, -0.15) is 0 Å². The van der Waals surface area contributed by atoms with Crippen molar-refractivity contribution in [2.45, 2.75) is 26.8 Å². The van der Waals surface area contributed by atoms with E-state index in [0.717, 1.165) is 16.9 Å². The first-order chi connectivity index (χ1) is 12.1. The van der Waals surface area contributed by atoms with Crippen LogP contribution in [0.2, 0.25) is 0 Å². The third-order valence-electron chi connectivity index (χ3n) is 3.82. The molecule has 0 saturated carbocycles. The van der Waals surface area contributed by atoms with Gasteiger partial charge < -0.3 is 15.0 Å². The monoisotopic (exact) mass is 339 g/mol. The molecule has 1 aromatic carbocycles. The number of nitrogens with zero attached hydrogens (tertiary/aromatic N) is 3. The highest BCUT2D eigenvalue weighted by Crippen LogP contribution is 2.25. The van der Waals surface area contributed by atoms with Crippen molar-refractivity contribution in [3.8, 4) is 0 Å². The molecule has 0 amide bonds. The largest absolute Gasteiger partial charge is 0.462 e. The van der Waals surface area contributed by atoms with Crippen molar-refractivity contribution in [2.75, 3.05) is 11.9 Å². The summed E-state index contributed by atoms with van der Waals surface area (Å²) in [4.78, 5) is 28.1. The smallest absolute Gasteiger partial charge is 0.341 e. The zero-order valence-corrected chi connectivity index (χ0v) is 14.5. The number of hydrogen-bond acceptors (Lipinski definition) is 6. The number of carbonyl (C=O) groups excluding carboxylic acids is 1. The van der Waals surface area contributed by atoms with Crippen LogP contribution in [0.5, 0.6) is 0 Å². The summed E-state index contributed by atoms with van der Waals surface area (Å²) in [6.07, 6.45) is 2.92. The first-order valence-corrected chi connectivity index (χ1v) is 8.28. The van der Waals surface area contributed by atoms with E-state index in [2.05, 4.69) is 39.1 Å². The predicted molar refractivity (Wildman–Crippen MR) is 95.3 cm³/mol. The third kappa shape index (κ3) is 3.76. The molecule has 0 fully saturated rings. The van der Waals surface area contributed by atoms with E-state index in [1.807, 2.05) is 24.3 Å². The van der Waals surface area contributed by atoms with Crippen LogP contribution in [0.15, 0.2) is 36.7 Å². The fourth-order valence-electron chi connectivity index (χ4n) is 2.53. The summed E-state index contributed by atoms with van der Waals surface area (Å²) < 4.78 is 4.94. The lowest BCUT2D eigenvalue weighted by Gasteiger charge is -2.20. The van der Waals surface area contributed by atoms with E-state index >= 15 is 0 Å². The molecule has 3 rings (SSSR count). The number of para-hydroxylation sites is 2. The molecule has 0 radical (unpaired) electrons. The number of rotatable bonds is 6. The molecule has 2 heterocycles. The second kappa shape index (κ2) is 7.29. The predicted octanol–water partition coefficient (Wildman–Crippen LogP) is 3.34. The summed E-state index contributed by atoms with van der Waals surface area (Å²) in [6, 6.07) is 7.81. The highest BCUT2D eigenvalue weighted by Gasteiger charge is 2.21. The van der Waals surface area contributed by atoms with Crippen LogP contribution in [0.3, 0.4) is 0 Å². The maximum absolute atomic E-state index is 11.7. The minimum Gasteiger partial charge on any atom is -0.462 e. The van der Waals surface area contributed by atoms with Crippen LogP contribution in [0, 0.1) is 5.92 Å². The maximum Gasteiger partial charge on any atom is 0.341 e. The van der Waals surface area contributed by atoms with Gasteiger partial charge in [0, 0.05) is 12.4 Å². The molecule has 0 aliphatic heterocycles. The van der Waals surface area contributed by atoms with E-state index in [1.165, 1.54) is 12.4 Å². The fraction of sp³-hybridized carbons (Fsp3) is 0.333. The third-order valence-corrected chi connectivity index (χ3v) is 3.82. The number of hydrogen-bond donors (Lipinski definition) is 2. The summed E-state index contributed by atoms with van der Waals surface area (Å²) in [6.45, 7) is 6.27. The molecular formula is C18H21N5O2. The molecular weight excluding hydrogens is 318 g/mol. The Kier molecular flexibility index (Phi) is 4.92. The van der Waals surface area contributed by atoms with E-state index in [9.17, 15) is 4.79 Å². The number of H-pyrrole nitrogens is 1. The minimum atomic E-state index is -0.424. The lowest BCUT2D eigenvalue weighted by atomic mass is 10.0. The van der Waals surface area contributed by atoms with Crippen LogP contribution in [0.1, 0.15) is 43.0 Å². The lowest BCUT2D eigenvalue weighted by molar-refractivity contribution is 0.0525. The summed E-state index contributed by atoms with van der Waals surface area (Å²) >= 11 is 0. The molecule has 0 aliphatic carbocycles. The zero-order chi connectivity index (χ0) is 17.8. The Morgan fingerprint density at radius 3 is 2.60 bits per heavy atom. The normalized spacial score (nSPS) is 12.3. The van der Waals surface area contributed by atoms with Gasteiger partial charge in [0.15, 0.2) is 0 Å². The Bertz CT molecular complexity index is 824. The number of esters is 1. The van der Waals surface area contributed by atoms with Crippen molar-refractivity contribution < 1.29 is 9.53 Å². The van der Waals surface area contributed by atoms with Crippen LogP contribution in [-0.2, 0) is 4.74 Å². The van der Waals surface area contributed by atoms with Gasteiger partial charge >= 0.3 is 5.97 Å². The molecule has 0 aliphatic rings. The summed E-state index contributed by atoms with van der Waals surface area (Å²) in [7, 11) is 0. The molecule has 2 N–H and O–H groups in total. The van der Waals surface area contributed by atoms with Crippen LogP contribution >= 0.6 is 0 Å². The van der Waals surface area contributed by atoms with Crippen molar-refractivity contribution in [1.82, 2.24) is 19.9 Å². The number of carbonyl (C=O) groups is 1. The van der Waals surface area contributed by atoms with Crippen LogP contribution in [0.25, 0.3) is 11.0 Å². The average molecular weight is 339 g/mol. The van der Waals surface area contributed by atoms with Crippen LogP contribution in [0.4, 0.5) is 5.95 Å². The van der Waals surface area contributed by atoms with Gasteiger partial charge in [0.1, 0.15) is 5.82 Å². The van der Waals surface area contributed by atoms with E-state index in [-0.39, 0.29) is 12.0 Å². The first-order valence-electron chi connectivity index (χ1n) is 8.28. The topological polar surface area (TPSA) is 92.8 Å². The summed E-state index contributed by atoms with van der Waals surface area (Å²) in [5.41, 5.74) is 2.24.